The predicted molar refractivity (Wildman–Crippen MR) is 144 cm³/mol. The molecule has 1 saturated carbocycles. The molecule has 2 heterocycles. The lowest BCUT2D eigenvalue weighted by molar-refractivity contribution is -0.143. The molecule has 37 heavy (non-hydrogen) atoms. The Morgan fingerprint density at radius 2 is 1.86 bits per heavy atom. The predicted octanol–water partition coefficient (Wildman–Crippen LogP) is 5.38. The van der Waals surface area contributed by atoms with Gasteiger partial charge in [-0.1, -0.05) is 42.7 Å². The molecule has 196 valence electrons. The highest BCUT2D eigenvalue weighted by Gasteiger charge is 2.43. The van der Waals surface area contributed by atoms with Gasteiger partial charge >= 0.3 is 5.63 Å². The van der Waals surface area contributed by atoms with E-state index >= 15 is 0 Å². The summed E-state index contributed by atoms with van der Waals surface area (Å²) in [7, 11) is 0. The Hall–Kier alpha value is -3.12. The first-order valence-electron chi connectivity index (χ1n) is 13.5. The number of likely N-dealkylation sites (tertiary alicyclic amines) is 1. The zero-order chi connectivity index (χ0) is 26.2. The van der Waals surface area contributed by atoms with Crippen molar-refractivity contribution in [1.29, 1.82) is 0 Å². The zero-order valence-corrected chi connectivity index (χ0v) is 22.1. The average molecular weight is 504 g/mol. The average Bonchev–Trinajstić information content (AvgIpc) is 2.89. The van der Waals surface area contributed by atoms with E-state index in [2.05, 4.69) is 19.1 Å². The summed E-state index contributed by atoms with van der Waals surface area (Å²) >= 11 is 0. The van der Waals surface area contributed by atoms with Crippen molar-refractivity contribution in [1.82, 2.24) is 4.90 Å². The topological polar surface area (TPSA) is 80.0 Å². The Balaban J connectivity index is 1.28. The minimum atomic E-state index is -0.606. The molecule has 0 spiro atoms. The van der Waals surface area contributed by atoms with Crippen molar-refractivity contribution in [2.24, 2.45) is 5.92 Å². The van der Waals surface area contributed by atoms with Crippen molar-refractivity contribution in [3.05, 3.63) is 74.6 Å². The Morgan fingerprint density at radius 1 is 1.08 bits per heavy atom. The molecular weight excluding hydrogens is 466 g/mol. The highest BCUT2D eigenvalue weighted by Crippen LogP contribution is 2.40. The number of ether oxygens (including phenoxy) is 1. The first-order valence-corrected chi connectivity index (χ1v) is 13.5. The fourth-order valence-electron chi connectivity index (χ4n) is 6.05. The molecule has 2 aliphatic rings. The standard InChI is InChI=1S/C31H37NO5/c1-20-7-9-23(10-8-20)19-36-27-13-11-25-21(2)26(30(34)37-29(25)22(27)3)12-14-28(33)32-17-16-31(35)15-5-4-6-24(31)18-32/h7-11,13,24,35H,4-6,12,14-19H2,1-3H3/t24-,31-/m0/s1. The van der Waals surface area contributed by atoms with E-state index in [9.17, 15) is 14.7 Å². The largest absolute Gasteiger partial charge is 0.488 e. The number of nitrogens with zero attached hydrogens (tertiary/aromatic N) is 1. The van der Waals surface area contributed by atoms with Gasteiger partial charge < -0.3 is 19.2 Å². The molecule has 6 heteroatoms. The molecule has 1 aromatic heterocycles. The van der Waals surface area contributed by atoms with E-state index < -0.39 is 11.2 Å². The summed E-state index contributed by atoms with van der Waals surface area (Å²) in [6.07, 6.45) is 5.26. The molecule has 0 bridgehead atoms. The van der Waals surface area contributed by atoms with E-state index in [1.54, 1.807) is 0 Å². The number of aryl methyl sites for hydroxylation is 3. The zero-order valence-electron chi connectivity index (χ0n) is 22.1. The lowest BCUT2D eigenvalue weighted by Gasteiger charge is -2.47. The fourth-order valence-corrected chi connectivity index (χ4v) is 6.05. The Kier molecular flexibility index (Phi) is 7.13. The van der Waals surface area contributed by atoms with Crippen LogP contribution in [0.15, 0.2) is 45.6 Å². The molecule has 2 atom stereocenters. The van der Waals surface area contributed by atoms with E-state index in [0.717, 1.165) is 47.8 Å². The third-order valence-corrected chi connectivity index (χ3v) is 8.54. The number of carbonyl (C=O) groups excluding carboxylic acids is 1. The molecule has 1 aliphatic carbocycles. The van der Waals surface area contributed by atoms with Crippen molar-refractivity contribution >= 4 is 16.9 Å². The maximum absolute atomic E-state index is 13.0. The van der Waals surface area contributed by atoms with Crippen LogP contribution in [0.4, 0.5) is 0 Å². The van der Waals surface area contributed by atoms with Gasteiger partial charge in [0, 0.05) is 41.9 Å². The molecule has 0 radical (unpaired) electrons. The quantitative estimate of drug-likeness (QED) is 0.457. The number of carbonyl (C=O) groups is 1. The van der Waals surface area contributed by atoms with Crippen LogP contribution in [0.5, 0.6) is 5.75 Å². The van der Waals surface area contributed by atoms with Crippen LogP contribution in [0.3, 0.4) is 0 Å². The molecule has 2 fully saturated rings. The van der Waals surface area contributed by atoms with Gasteiger partial charge in [0.25, 0.3) is 0 Å². The first-order chi connectivity index (χ1) is 17.7. The molecule has 0 unspecified atom stereocenters. The van der Waals surface area contributed by atoms with Crippen molar-refractivity contribution in [2.45, 2.75) is 77.9 Å². The first kappa shape index (κ1) is 25.5. The van der Waals surface area contributed by atoms with Crippen LogP contribution >= 0.6 is 0 Å². The minimum absolute atomic E-state index is 0.0440. The van der Waals surface area contributed by atoms with Crippen molar-refractivity contribution in [3.8, 4) is 5.75 Å². The third-order valence-electron chi connectivity index (χ3n) is 8.54. The number of amides is 1. The fraction of sp³-hybridized carbons (Fsp3) is 0.484. The number of benzene rings is 2. The van der Waals surface area contributed by atoms with Crippen LogP contribution < -0.4 is 10.4 Å². The summed E-state index contributed by atoms with van der Waals surface area (Å²) in [5, 5.41) is 11.8. The van der Waals surface area contributed by atoms with Gasteiger partial charge in [-0.15, -0.1) is 0 Å². The second-order valence-electron chi connectivity index (χ2n) is 11.0. The Labute approximate surface area is 218 Å². The lowest BCUT2D eigenvalue weighted by Crippen LogP contribution is -2.54. The maximum Gasteiger partial charge on any atom is 0.339 e. The number of fused-ring (bicyclic) bond motifs is 2. The molecule has 3 aromatic rings. The number of piperidine rings is 1. The summed E-state index contributed by atoms with van der Waals surface area (Å²) in [6.45, 7) is 7.52. The van der Waals surface area contributed by atoms with Gasteiger partial charge in [0.15, 0.2) is 0 Å². The van der Waals surface area contributed by atoms with Crippen LogP contribution in [0.1, 0.15) is 66.3 Å². The van der Waals surface area contributed by atoms with Crippen molar-refractivity contribution < 1.29 is 19.1 Å². The van der Waals surface area contributed by atoms with Crippen LogP contribution in [-0.4, -0.2) is 34.6 Å². The second kappa shape index (κ2) is 10.3. The minimum Gasteiger partial charge on any atom is -0.488 e. The summed E-state index contributed by atoms with van der Waals surface area (Å²) in [5.41, 5.74) is 4.01. The van der Waals surface area contributed by atoms with Crippen LogP contribution in [0, 0.1) is 26.7 Å². The molecule has 5 rings (SSSR count). The summed E-state index contributed by atoms with van der Waals surface area (Å²) in [5.74, 6) is 0.894. The smallest absolute Gasteiger partial charge is 0.339 e. The second-order valence-corrected chi connectivity index (χ2v) is 11.0. The monoisotopic (exact) mass is 503 g/mol. The molecule has 6 nitrogen and oxygen atoms in total. The van der Waals surface area contributed by atoms with Gasteiger partial charge in [0.05, 0.1) is 5.60 Å². The van der Waals surface area contributed by atoms with Gasteiger partial charge in [-0.2, -0.15) is 0 Å². The molecule has 1 amide bonds. The van der Waals surface area contributed by atoms with E-state index in [0.29, 0.717) is 49.4 Å². The number of hydrogen-bond acceptors (Lipinski definition) is 5. The van der Waals surface area contributed by atoms with E-state index in [-0.39, 0.29) is 18.2 Å². The van der Waals surface area contributed by atoms with Gasteiger partial charge in [-0.3, -0.25) is 4.79 Å². The van der Waals surface area contributed by atoms with Gasteiger partial charge in [-0.25, -0.2) is 4.79 Å². The molecule has 1 aliphatic heterocycles. The summed E-state index contributed by atoms with van der Waals surface area (Å²) < 4.78 is 11.8. The lowest BCUT2D eigenvalue weighted by atomic mass is 9.71. The third kappa shape index (κ3) is 5.17. The van der Waals surface area contributed by atoms with E-state index in [1.807, 2.05) is 43.0 Å². The number of hydrogen-bond donors (Lipinski definition) is 1. The molecule has 1 N–H and O–H groups in total. The van der Waals surface area contributed by atoms with Crippen LogP contribution in [-0.2, 0) is 17.8 Å². The molecular formula is C31H37NO5. The summed E-state index contributed by atoms with van der Waals surface area (Å²) in [4.78, 5) is 27.9. The molecule has 1 saturated heterocycles. The van der Waals surface area contributed by atoms with Crippen molar-refractivity contribution in [2.75, 3.05) is 13.1 Å². The van der Waals surface area contributed by atoms with Crippen LogP contribution in [0.2, 0.25) is 0 Å². The van der Waals surface area contributed by atoms with E-state index in [1.165, 1.54) is 5.56 Å². The number of rotatable bonds is 6. The normalized spacial score (nSPS) is 21.6. The van der Waals surface area contributed by atoms with Gasteiger partial charge in [-0.05, 0) is 69.7 Å². The van der Waals surface area contributed by atoms with Gasteiger partial charge in [0.1, 0.15) is 17.9 Å². The highest BCUT2D eigenvalue weighted by molar-refractivity contribution is 5.86. The van der Waals surface area contributed by atoms with Crippen LogP contribution in [0.25, 0.3) is 11.0 Å². The van der Waals surface area contributed by atoms with Crippen molar-refractivity contribution in [3.63, 3.8) is 0 Å². The van der Waals surface area contributed by atoms with Gasteiger partial charge in [0.2, 0.25) is 5.91 Å². The maximum atomic E-state index is 13.0. The highest BCUT2D eigenvalue weighted by atomic mass is 16.5. The SMILES string of the molecule is Cc1ccc(COc2ccc3c(C)c(CCC(=O)N4CC[C@@]5(O)CCCC[C@H]5C4)c(=O)oc3c2C)cc1. The van der Waals surface area contributed by atoms with E-state index in [4.69, 9.17) is 9.15 Å². The Bertz CT molecular complexity index is 1360. The molecule has 2 aromatic carbocycles. The Morgan fingerprint density at radius 3 is 2.65 bits per heavy atom. The number of aliphatic hydroxyl groups is 1. The summed E-state index contributed by atoms with van der Waals surface area (Å²) in [6, 6.07) is 12.1.